The lowest BCUT2D eigenvalue weighted by Crippen LogP contribution is -2.30. The van der Waals surface area contributed by atoms with Crippen molar-refractivity contribution in [1.29, 1.82) is 5.26 Å². The number of hydrogen-bond donors (Lipinski definition) is 4. The molecule has 1 aliphatic heterocycles. The highest BCUT2D eigenvalue weighted by Crippen LogP contribution is 2.37. The number of thiophene rings is 1. The third kappa shape index (κ3) is 9.07. The number of phenols is 1. The van der Waals surface area contributed by atoms with Crippen molar-refractivity contribution in [1.82, 2.24) is 10.2 Å². The molecule has 0 aliphatic carbocycles. The number of methoxy groups -OCH3 is 1. The molecule has 0 fully saturated rings. The van der Waals surface area contributed by atoms with Crippen LogP contribution in [-0.4, -0.2) is 47.1 Å². The summed E-state index contributed by atoms with van der Waals surface area (Å²) in [7, 11) is 1.44. The number of thioether (sulfide) groups is 1. The van der Waals surface area contributed by atoms with Crippen LogP contribution in [0.25, 0.3) is 6.08 Å². The summed E-state index contributed by atoms with van der Waals surface area (Å²) in [6.45, 7) is 2.39. The molecule has 4 N–H and O–H groups in total. The van der Waals surface area contributed by atoms with Crippen molar-refractivity contribution in [3.63, 3.8) is 0 Å². The van der Waals surface area contributed by atoms with Gasteiger partial charge in [0.15, 0.2) is 0 Å². The van der Waals surface area contributed by atoms with Gasteiger partial charge in [0.05, 0.1) is 18.4 Å². The summed E-state index contributed by atoms with van der Waals surface area (Å²) in [6, 6.07) is 32.6. The second kappa shape index (κ2) is 16.9. The van der Waals surface area contributed by atoms with Crippen LogP contribution in [0.4, 0.5) is 10.7 Å². The molecule has 5 aromatic rings. The molecule has 0 unspecified atom stereocenters. The number of nitriles is 1. The van der Waals surface area contributed by atoms with Gasteiger partial charge in [-0.2, -0.15) is 5.26 Å². The summed E-state index contributed by atoms with van der Waals surface area (Å²) in [4.78, 5) is 43.9. The Morgan fingerprint density at radius 3 is 2.50 bits per heavy atom. The van der Waals surface area contributed by atoms with E-state index in [0.29, 0.717) is 33.1 Å². The highest BCUT2D eigenvalue weighted by atomic mass is 32.2. The molecule has 52 heavy (non-hydrogen) atoms. The van der Waals surface area contributed by atoms with E-state index in [4.69, 9.17) is 4.74 Å². The molecule has 0 saturated carbocycles. The van der Waals surface area contributed by atoms with Gasteiger partial charge in [0.2, 0.25) is 5.91 Å². The van der Waals surface area contributed by atoms with E-state index in [-0.39, 0.29) is 23.1 Å². The van der Waals surface area contributed by atoms with E-state index < -0.39 is 11.8 Å². The Morgan fingerprint density at radius 2 is 1.75 bits per heavy atom. The molecule has 0 radical (unpaired) electrons. The average molecular weight is 730 g/mol. The zero-order valence-electron chi connectivity index (χ0n) is 28.2. The predicted molar refractivity (Wildman–Crippen MR) is 204 cm³/mol. The Balaban J connectivity index is 1.11. The van der Waals surface area contributed by atoms with E-state index in [2.05, 4.69) is 39.1 Å². The van der Waals surface area contributed by atoms with Crippen molar-refractivity contribution < 1.29 is 24.2 Å². The second-order valence-electron chi connectivity index (χ2n) is 11.9. The fourth-order valence-electron chi connectivity index (χ4n) is 5.73. The van der Waals surface area contributed by atoms with Crippen molar-refractivity contribution in [2.45, 2.75) is 24.4 Å². The minimum absolute atomic E-state index is 0.0118. The van der Waals surface area contributed by atoms with Crippen LogP contribution in [0.15, 0.2) is 114 Å². The molecule has 0 atom stereocenters. The van der Waals surface area contributed by atoms with Gasteiger partial charge in [-0.15, -0.1) is 23.1 Å². The van der Waals surface area contributed by atoms with E-state index in [9.17, 15) is 24.8 Å². The Labute approximate surface area is 309 Å². The van der Waals surface area contributed by atoms with Crippen molar-refractivity contribution in [2.24, 2.45) is 0 Å². The van der Waals surface area contributed by atoms with Gasteiger partial charge in [-0.1, -0.05) is 54.6 Å². The highest BCUT2D eigenvalue weighted by Gasteiger charge is 2.25. The van der Waals surface area contributed by atoms with Gasteiger partial charge in [-0.25, -0.2) is 0 Å². The minimum atomic E-state index is -0.590. The molecule has 1 aliphatic rings. The number of carbonyl (C=O) groups is 3. The van der Waals surface area contributed by atoms with E-state index in [1.807, 2.05) is 24.3 Å². The first-order valence-corrected chi connectivity index (χ1v) is 18.2. The first kappa shape index (κ1) is 35.9. The van der Waals surface area contributed by atoms with E-state index in [1.54, 1.807) is 54.6 Å². The van der Waals surface area contributed by atoms with Crippen LogP contribution in [-0.2, 0) is 29.1 Å². The maximum absolute atomic E-state index is 13.6. The number of anilines is 2. The molecular weight excluding hydrogens is 695 g/mol. The molecule has 2 heterocycles. The molecule has 6 rings (SSSR count). The maximum atomic E-state index is 13.6. The van der Waals surface area contributed by atoms with Crippen LogP contribution in [0.3, 0.4) is 0 Å². The standard InChI is InChI=1S/C40H35N5O5S2/c1-50-35-21-30(46)16-15-28(35)19-34(43-38(48)27-11-6-3-7-12-27)39(49)42-29-13-8-14-31(20-29)51-25-37(47)44-40-33(22-41)32-17-18-45(24-36(32)52-40)23-26-9-4-2-5-10-26/h2-16,19-21,46H,17-18,23-25H2,1H3,(H,42,49)(H,43,48)(H,44,47)/b34-19+. The Kier molecular flexibility index (Phi) is 11.7. The SMILES string of the molecule is COc1cc(O)ccc1/C=C(/NC(=O)c1ccccc1)C(=O)Nc1cccc(SCC(=O)Nc2sc3c(c2C#N)CCN(Cc2ccccc2)C3)c1. The highest BCUT2D eigenvalue weighted by molar-refractivity contribution is 8.00. The van der Waals surface area contributed by atoms with Crippen LogP contribution in [0, 0.1) is 11.3 Å². The zero-order valence-corrected chi connectivity index (χ0v) is 29.9. The number of fused-ring (bicyclic) bond motifs is 1. The van der Waals surface area contributed by atoms with Gasteiger partial charge >= 0.3 is 0 Å². The summed E-state index contributed by atoms with van der Waals surface area (Å²) < 4.78 is 5.37. The zero-order chi connectivity index (χ0) is 36.5. The van der Waals surface area contributed by atoms with Crippen molar-refractivity contribution in [2.75, 3.05) is 30.0 Å². The van der Waals surface area contributed by atoms with Gasteiger partial charge < -0.3 is 25.8 Å². The van der Waals surface area contributed by atoms with Crippen LogP contribution in [0.5, 0.6) is 11.5 Å². The smallest absolute Gasteiger partial charge is 0.272 e. The first-order valence-electron chi connectivity index (χ1n) is 16.4. The number of nitrogens with one attached hydrogen (secondary N) is 3. The Hall–Kier alpha value is -5.87. The molecule has 262 valence electrons. The predicted octanol–water partition coefficient (Wildman–Crippen LogP) is 7.03. The lowest BCUT2D eigenvalue weighted by Gasteiger charge is -2.26. The first-order chi connectivity index (χ1) is 25.3. The van der Waals surface area contributed by atoms with Crippen LogP contribution >= 0.6 is 23.1 Å². The quantitative estimate of drug-likeness (QED) is 0.0792. The Bertz CT molecular complexity index is 2160. The van der Waals surface area contributed by atoms with Gasteiger partial charge in [0.1, 0.15) is 28.3 Å². The van der Waals surface area contributed by atoms with Gasteiger partial charge in [-0.05, 0) is 66.1 Å². The number of benzene rings is 4. The van der Waals surface area contributed by atoms with Crippen molar-refractivity contribution in [3.8, 4) is 17.6 Å². The molecule has 1 aromatic heterocycles. The molecule has 3 amide bonds. The van der Waals surface area contributed by atoms with Crippen LogP contribution in [0.2, 0.25) is 0 Å². The molecule has 0 spiro atoms. The van der Waals surface area contributed by atoms with Gasteiger partial charge in [0.25, 0.3) is 11.8 Å². The maximum Gasteiger partial charge on any atom is 0.272 e. The summed E-state index contributed by atoms with van der Waals surface area (Å²) >= 11 is 2.75. The van der Waals surface area contributed by atoms with E-state index in [1.165, 1.54) is 54.0 Å². The molecular formula is C40H35N5O5S2. The number of ether oxygens (including phenoxy) is 1. The third-order valence-electron chi connectivity index (χ3n) is 8.26. The number of nitrogens with zero attached hydrogens (tertiary/aromatic N) is 2. The molecule has 0 bridgehead atoms. The van der Waals surface area contributed by atoms with E-state index >= 15 is 0 Å². The van der Waals surface area contributed by atoms with Gasteiger partial charge in [0, 0.05) is 52.3 Å². The van der Waals surface area contributed by atoms with Crippen molar-refractivity contribution >= 4 is 57.6 Å². The lowest BCUT2D eigenvalue weighted by molar-refractivity contribution is -0.114. The summed E-state index contributed by atoms with van der Waals surface area (Å²) in [5.74, 6) is -0.928. The van der Waals surface area contributed by atoms with Crippen LogP contribution in [0.1, 0.15) is 37.5 Å². The van der Waals surface area contributed by atoms with E-state index in [0.717, 1.165) is 41.4 Å². The Morgan fingerprint density at radius 1 is 0.981 bits per heavy atom. The lowest BCUT2D eigenvalue weighted by atomic mass is 10.0. The minimum Gasteiger partial charge on any atom is -0.508 e. The second-order valence-corrected chi connectivity index (χ2v) is 14.0. The summed E-state index contributed by atoms with van der Waals surface area (Å²) in [5.41, 5.74) is 4.01. The number of aromatic hydroxyl groups is 1. The monoisotopic (exact) mass is 729 g/mol. The van der Waals surface area contributed by atoms with Crippen LogP contribution < -0.4 is 20.7 Å². The molecule has 12 heteroatoms. The summed E-state index contributed by atoms with van der Waals surface area (Å²) in [5, 5.41) is 28.9. The number of phenolic OH excluding ortho intramolecular Hbond substituents is 1. The largest absolute Gasteiger partial charge is 0.508 e. The fourth-order valence-corrected chi connectivity index (χ4v) is 7.74. The number of rotatable bonds is 12. The molecule has 4 aromatic carbocycles. The number of hydrogen-bond acceptors (Lipinski definition) is 9. The number of carbonyl (C=O) groups excluding carboxylic acids is 3. The number of amides is 3. The molecule has 0 saturated heterocycles. The molecule has 10 nitrogen and oxygen atoms in total. The van der Waals surface area contributed by atoms with Crippen molar-refractivity contribution in [3.05, 3.63) is 142 Å². The fraction of sp³-hybridized carbons (Fsp3) is 0.150. The normalized spacial score (nSPS) is 12.7. The topological polar surface area (TPSA) is 144 Å². The third-order valence-corrected chi connectivity index (χ3v) is 10.4. The average Bonchev–Trinajstić information content (AvgIpc) is 3.50. The van der Waals surface area contributed by atoms with Gasteiger partial charge in [-0.3, -0.25) is 19.3 Å². The summed E-state index contributed by atoms with van der Waals surface area (Å²) in [6.07, 6.45) is 2.22.